The minimum atomic E-state index is -0.665. The van der Waals surface area contributed by atoms with Crippen molar-refractivity contribution < 1.29 is 13.9 Å². The second kappa shape index (κ2) is 4.08. The van der Waals surface area contributed by atoms with Crippen LogP contribution in [0.15, 0.2) is 18.2 Å². The normalized spacial score (nSPS) is 10.8. The summed E-state index contributed by atoms with van der Waals surface area (Å²) < 4.78 is 20.3. The molecule has 4 nitrogen and oxygen atoms in total. The average Bonchev–Trinajstić information content (AvgIpc) is 2.52. The first-order valence-corrected chi connectivity index (χ1v) is 5.26. The van der Waals surface area contributed by atoms with Gasteiger partial charge in [0.15, 0.2) is 11.5 Å². The lowest BCUT2D eigenvalue weighted by atomic mass is 10.2. The molecule has 0 bridgehead atoms. The average molecular weight is 236 g/mol. The highest BCUT2D eigenvalue weighted by atomic mass is 19.1. The monoisotopic (exact) mass is 236 g/mol. The topological polar surface area (TPSA) is 57.2 Å². The molecule has 0 unspecified atom stereocenters. The first kappa shape index (κ1) is 11.4. The summed E-state index contributed by atoms with van der Waals surface area (Å²) >= 11 is 0. The maximum atomic E-state index is 14.0. The molecule has 17 heavy (non-hydrogen) atoms. The molecule has 0 aliphatic heterocycles. The largest absolute Gasteiger partial charge is 0.461 e. The van der Waals surface area contributed by atoms with Gasteiger partial charge in [0.1, 0.15) is 0 Å². The molecule has 90 valence electrons. The van der Waals surface area contributed by atoms with Crippen LogP contribution in [-0.4, -0.2) is 17.1 Å². The number of carbonyl (C=O) groups excluding carboxylic acids is 1. The van der Waals surface area contributed by atoms with Crippen LogP contribution in [0.2, 0.25) is 0 Å². The minimum absolute atomic E-state index is 0.0764. The number of hydrogen-bond donors (Lipinski definition) is 1. The number of aryl methyl sites for hydroxylation is 1. The second-order valence-corrected chi connectivity index (χ2v) is 3.72. The standard InChI is InChI=1S/C12H13FN2O2/c1-3-17-12(16)11-10(13)8-5-4-7(14)6-9(8)15(11)2/h4-6H,3,14H2,1-2H3. The van der Waals surface area contributed by atoms with Crippen molar-refractivity contribution in [3.8, 4) is 0 Å². The Morgan fingerprint density at radius 1 is 1.53 bits per heavy atom. The number of nitrogen functional groups attached to an aromatic ring is 1. The van der Waals surface area contributed by atoms with Crippen molar-refractivity contribution in [3.05, 3.63) is 29.7 Å². The zero-order valence-electron chi connectivity index (χ0n) is 9.66. The number of nitrogens with two attached hydrogens (primary N) is 1. The van der Waals surface area contributed by atoms with Gasteiger partial charge in [-0.3, -0.25) is 0 Å². The van der Waals surface area contributed by atoms with Gasteiger partial charge in [-0.1, -0.05) is 0 Å². The zero-order valence-corrected chi connectivity index (χ0v) is 9.66. The summed E-state index contributed by atoms with van der Waals surface area (Å²) in [6.07, 6.45) is 0. The summed E-state index contributed by atoms with van der Waals surface area (Å²) in [7, 11) is 1.61. The minimum Gasteiger partial charge on any atom is -0.461 e. The van der Waals surface area contributed by atoms with E-state index in [-0.39, 0.29) is 12.3 Å². The number of ether oxygens (including phenoxy) is 1. The Morgan fingerprint density at radius 2 is 2.24 bits per heavy atom. The van der Waals surface area contributed by atoms with Gasteiger partial charge >= 0.3 is 5.97 Å². The molecule has 0 saturated heterocycles. The molecule has 1 heterocycles. The van der Waals surface area contributed by atoms with Gasteiger partial charge < -0.3 is 15.0 Å². The van der Waals surface area contributed by atoms with Crippen molar-refractivity contribution in [2.75, 3.05) is 12.3 Å². The Hall–Kier alpha value is -2.04. The van der Waals surface area contributed by atoms with Gasteiger partial charge in [0, 0.05) is 18.1 Å². The SMILES string of the molecule is CCOC(=O)c1c(F)c2ccc(N)cc2n1C. The number of anilines is 1. The van der Waals surface area contributed by atoms with Gasteiger partial charge in [-0.15, -0.1) is 0 Å². The Balaban J connectivity index is 2.68. The smallest absolute Gasteiger partial charge is 0.358 e. The molecule has 0 aliphatic carbocycles. The number of nitrogens with zero attached hydrogens (tertiary/aromatic N) is 1. The lowest BCUT2D eigenvalue weighted by Gasteiger charge is -2.03. The van der Waals surface area contributed by atoms with E-state index in [0.717, 1.165) is 0 Å². The van der Waals surface area contributed by atoms with E-state index in [1.807, 2.05) is 0 Å². The van der Waals surface area contributed by atoms with E-state index in [1.54, 1.807) is 32.2 Å². The van der Waals surface area contributed by atoms with E-state index in [4.69, 9.17) is 10.5 Å². The molecule has 0 aliphatic rings. The molecule has 0 saturated carbocycles. The molecule has 2 N–H and O–H groups in total. The van der Waals surface area contributed by atoms with Crippen LogP contribution in [0.3, 0.4) is 0 Å². The number of fused-ring (bicyclic) bond motifs is 1. The van der Waals surface area contributed by atoms with Crippen molar-refractivity contribution in [2.45, 2.75) is 6.92 Å². The Kier molecular flexibility index (Phi) is 2.75. The van der Waals surface area contributed by atoms with Crippen LogP contribution >= 0.6 is 0 Å². The van der Waals surface area contributed by atoms with Crippen LogP contribution in [0.25, 0.3) is 10.9 Å². The number of halogens is 1. The van der Waals surface area contributed by atoms with Crippen molar-refractivity contribution in [1.82, 2.24) is 4.57 Å². The predicted molar refractivity (Wildman–Crippen MR) is 63.2 cm³/mol. The van der Waals surface area contributed by atoms with Crippen LogP contribution in [0, 0.1) is 5.82 Å². The highest BCUT2D eigenvalue weighted by molar-refractivity contribution is 5.97. The molecule has 0 atom stereocenters. The first-order valence-electron chi connectivity index (χ1n) is 5.26. The number of carbonyl (C=O) groups is 1. The Bertz CT molecular complexity index is 590. The van der Waals surface area contributed by atoms with E-state index >= 15 is 0 Å². The number of rotatable bonds is 2. The number of esters is 1. The molecule has 0 amide bonds. The van der Waals surface area contributed by atoms with Gasteiger partial charge in [-0.25, -0.2) is 9.18 Å². The second-order valence-electron chi connectivity index (χ2n) is 3.72. The van der Waals surface area contributed by atoms with E-state index in [0.29, 0.717) is 16.6 Å². The van der Waals surface area contributed by atoms with Gasteiger partial charge in [-0.2, -0.15) is 0 Å². The van der Waals surface area contributed by atoms with E-state index < -0.39 is 11.8 Å². The Labute approximate surface area is 97.8 Å². The molecule has 2 rings (SSSR count). The summed E-state index contributed by atoms with van der Waals surface area (Å²) in [5.74, 6) is -1.23. The zero-order chi connectivity index (χ0) is 12.6. The summed E-state index contributed by atoms with van der Waals surface area (Å²) in [5, 5.41) is 0.366. The fraction of sp³-hybridized carbons (Fsp3) is 0.250. The van der Waals surface area contributed by atoms with Crippen molar-refractivity contribution in [3.63, 3.8) is 0 Å². The molecule has 0 spiro atoms. The molecular weight excluding hydrogens is 223 g/mol. The van der Waals surface area contributed by atoms with E-state index in [1.165, 1.54) is 4.57 Å². The summed E-state index contributed by atoms with van der Waals surface area (Å²) in [6.45, 7) is 1.89. The quantitative estimate of drug-likeness (QED) is 0.641. The molecule has 0 fully saturated rings. The number of aromatic nitrogens is 1. The molecule has 2 aromatic rings. The van der Waals surface area contributed by atoms with Crippen LogP contribution < -0.4 is 5.73 Å². The first-order chi connectivity index (χ1) is 8.06. The highest BCUT2D eigenvalue weighted by Gasteiger charge is 2.22. The van der Waals surface area contributed by atoms with Crippen LogP contribution in [0.4, 0.5) is 10.1 Å². The third kappa shape index (κ3) is 1.73. The molecule has 0 radical (unpaired) electrons. The maximum absolute atomic E-state index is 14.0. The van der Waals surface area contributed by atoms with Crippen LogP contribution in [0.1, 0.15) is 17.4 Å². The summed E-state index contributed by atoms with van der Waals surface area (Å²) in [4.78, 5) is 11.6. The molecular formula is C12H13FN2O2. The van der Waals surface area contributed by atoms with Gasteiger partial charge in [0.2, 0.25) is 0 Å². The Morgan fingerprint density at radius 3 is 2.88 bits per heavy atom. The fourth-order valence-corrected chi connectivity index (χ4v) is 1.83. The molecule has 5 heteroatoms. The van der Waals surface area contributed by atoms with E-state index in [9.17, 15) is 9.18 Å². The van der Waals surface area contributed by atoms with Crippen molar-refractivity contribution >= 4 is 22.6 Å². The predicted octanol–water partition coefficient (Wildman–Crippen LogP) is 2.08. The molecule has 1 aromatic carbocycles. The van der Waals surface area contributed by atoms with E-state index in [2.05, 4.69) is 0 Å². The van der Waals surface area contributed by atoms with Gasteiger partial charge in [0.25, 0.3) is 0 Å². The third-order valence-corrected chi connectivity index (χ3v) is 2.63. The lowest BCUT2D eigenvalue weighted by molar-refractivity contribution is 0.0510. The van der Waals surface area contributed by atoms with Crippen molar-refractivity contribution in [1.29, 1.82) is 0 Å². The molecule has 1 aromatic heterocycles. The van der Waals surface area contributed by atoms with Crippen LogP contribution in [-0.2, 0) is 11.8 Å². The third-order valence-electron chi connectivity index (χ3n) is 2.63. The lowest BCUT2D eigenvalue weighted by Crippen LogP contribution is -2.11. The highest BCUT2D eigenvalue weighted by Crippen LogP contribution is 2.26. The van der Waals surface area contributed by atoms with Gasteiger partial charge in [0.05, 0.1) is 12.1 Å². The summed E-state index contributed by atoms with van der Waals surface area (Å²) in [5.41, 5.74) is 6.65. The number of benzene rings is 1. The van der Waals surface area contributed by atoms with Gasteiger partial charge in [-0.05, 0) is 25.1 Å². The van der Waals surface area contributed by atoms with Crippen LogP contribution in [0.5, 0.6) is 0 Å². The maximum Gasteiger partial charge on any atom is 0.358 e. The number of hydrogen-bond acceptors (Lipinski definition) is 3. The fourth-order valence-electron chi connectivity index (χ4n) is 1.83. The van der Waals surface area contributed by atoms with Crippen molar-refractivity contribution in [2.24, 2.45) is 7.05 Å². The summed E-state index contributed by atoms with van der Waals surface area (Å²) in [6, 6.07) is 4.78.